The van der Waals surface area contributed by atoms with Crippen LogP contribution in [0.15, 0.2) is 23.8 Å². The molecule has 0 N–H and O–H groups in total. The molecule has 0 rings (SSSR count). The maximum Gasteiger partial charge on any atom is 0.159 e. The van der Waals surface area contributed by atoms with E-state index in [9.17, 15) is 4.79 Å². The Morgan fingerprint density at radius 1 is 1.14 bits per heavy atom. The van der Waals surface area contributed by atoms with Crippen molar-refractivity contribution in [2.24, 2.45) is 0 Å². The van der Waals surface area contributed by atoms with Gasteiger partial charge in [0.15, 0.2) is 5.78 Å². The monoisotopic (exact) mass is 198 g/mol. The molecule has 0 heterocycles. The quantitative estimate of drug-likeness (QED) is 0.480. The van der Waals surface area contributed by atoms with Gasteiger partial charge in [0.25, 0.3) is 0 Å². The van der Waals surface area contributed by atoms with Crippen LogP contribution in [0.1, 0.15) is 54.9 Å². The van der Waals surface area contributed by atoms with Crippen molar-refractivity contribution in [3.63, 3.8) is 0 Å². The van der Waals surface area contributed by atoms with Gasteiger partial charge in [-0.3, -0.25) is 4.79 Å². The first kappa shape index (κ1) is 18.8. The van der Waals surface area contributed by atoms with Gasteiger partial charge in [-0.1, -0.05) is 52.8 Å². The van der Waals surface area contributed by atoms with E-state index in [0.717, 1.165) is 12.0 Å². The molecule has 0 aromatic heterocycles. The van der Waals surface area contributed by atoms with Gasteiger partial charge < -0.3 is 0 Å². The second-order valence-electron chi connectivity index (χ2n) is 2.11. The van der Waals surface area contributed by atoms with Gasteiger partial charge in [0.1, 0.15) is 0 Å². The third kappa shape index (κ3) is 13.7. The van der Waals surface area contributed by atoms with Crippen LogP contribution in [-0.4, -0.2) is 5.78 Å². The first-order chi connectivity index (χ1) is 6.72. The van der Waals surface area contributed by atoms with E-state index in [1.54, 1.807) is 6.92 Å². The fourth-order valence-corrected chi connectivity index (χ4v) is 0.662. The molecular weight excluding hydrogens is 172 g/mol. The van der Waals surface area contributed by atoms with Crippen LogP contribution < -0.4 is 0 Å². The zero-order chi connectivity index (χ0) is 12.0. The smallest absolute Gasteiger partial charge is 0.159 e. The Hall–Kier alpha value is -0.850. The molecule has 0 saturated carbocycles. The van der Waals surface area contributed by atoms with Crippen LogP contribution in [0.25, 0.3) is 0 Å². The van der Waals surface area contributed by atoms with Gasteiger partial charge in [-0.15, -0.1) is 0 Å². The topological polar surface area (TPSA) is 17.1 Å². The van der Waals surface area contributed by atoms with Crippen LogP contribution >= 0.6 is 0 Å². The van der Waals surface area contributed by atoms with E-state index < -0.39 is 0 Å². The van der Waals surface area contributed by atoms with Crippen LogP contribution in [0.3, 0.4) is 0 Å². The number of rotatable bonds is 3. The fraction of sp³-hybridized carbons (Fsp3) is 0.615. The molecule has 0 bridgehead atoms. The van der Waals surface area contributed by atoms with Crippen molar-refractivity contribution in [3.8, 4) is 0 Å². The summed E-state index contributed by atoms with van der Waals surface area (Å²) in [4.78, 5) is 10.8. The van der Waals surface area contributed by atoms with Crippen molar-refractivity contribution in [1.82, 2.24) is 0 Å². The summed E-state index contributed by atoms with van der Waals surface area (Å²) in [5, 5.41) is 0. The summed E-state index contributed by atoms with van der Waals surface area (Å²) in [6, 6.07) is 0. The number of carbonyl (C=O) groups excluding carboxylic acids is 1. The Morgan fingerprint density at radius 3 is 1.79 bits per heavy atom. The van der Waals surface area contributed by atoms with Gasteiger partial charge in [-0.25, -0.2) is 0 Å². The van der Waals surface area contributed by atoms with Crippen LogP contribution in [0.4, 0.5) is 0 Å². The second kappa shape index (κ2) is 18.0. The molecule has 0 fully saturated rings. The van der Waals surface area contributed by atoms with Crippen LogP contribution in [0.5, 0.6) is 0 Å². The van der Waals surface area contributed by atoms with E-state index in [2.05, 4.69) is 0 Å². The van der Waals surface area contributed by atoms with Crippen molar-refractivity contribution < 1.29 is 4.79 Å². The predicted molar refractivity (Wildman–Crippen MR) is 66.6 cm³/mol. The summed E-state index contributed by atoms with van der Waals surface area (Å²) in [5.74, 6) is 0.132. The zero-order valence-electron chi connectivity index (χ0n) is 10.8. The molecule has 0 atom stereocenters. The molecule has 0 aromatic rings. The Kier molecular flexibility index (Phi) is 24.3. The Balaban J connectivity index is -0.000000266. The minimum Gasteiger partial charge on any atom is -0.295 e. The highest BCUT2D eigenvalue weighted by Gasteiger charge is 1.94. The molecule has 84 valence electrons. The summed E-state index contributed by atoms with van der Waals surface area (Å²) in [6.07, 6.45) is 6.65. The van der Waals surface area contributed by atoms with Gasteiger partial charge in [0, 0.05) is 5.57 Å². The Morgan fingerprint density at radius 2 is 1.57 bits per heavy atom. The van der Waals surface area contributed by atoms with E-state index >= 15 is 0 Å². The molecule has 0 unspecified atom stereocenters. The molecule has 0 aromatic carbocycles. The summed E-state index contributed by atoms with van der Waals surface area (Å²) >= 11 is 0. The van der Waals surface area contributed by atoms with Gasteiger partial charge in [-0.2, -0.15) is 0 Å². The number of ketones is 1. The molecule has 0 aliphatic rings. The SMILES string of the molecule is C/C=C(\C=C/CC)C(C)=O.CC.CC. The highest BCUT2D eigenvalue weighted by atomic mass is 16.1. The number of Topliss-reactive ketones (excluding diaryl/α,β-unsaturated/α-hetero) is 1. The van der Waals surface area contributed by atoms with Crippen molar-refractivity contribution in [3.05, 3.63) is 23.8 Å². The summed E-state index contributed by atoms with van der Waals surface area (Å²) in [5.41, 5.74) is 0.793. The van der Waals surface area contributed by atoms with E-state index in [1.165, 1.54) is 0 Å². The lowest BCUT2D eigenvalue weighted by molar-refractivity contribution is -0.113. The first-order valence-electron chi connectivity index (χ1n) is 5.56. The van der Waals surface area contributed by atoms with E-state index in [-0.39, 0.29) is 5.78 Å². The standard InChI is InChI=1S/C9H14O.2C2H6/c1-4-6-7-9(5-2)8(3)10;2*1-2/h5-7H,4H2,1-3H3;2*1-2H3/b7-6-,9-5+;;. The fourth-order valence-electron chi connectivity index (χ4n) is 0.662. The van der Waals surface area contributed by atoms with E-state index in [4.69, 9.17) is 0 Å². The molecule has 14 heavy (non-hydrogen) atoms. The van der Waals surface area contributed by atoms with Gasteiger partial charge in [-0.05, 0) is 20.3 Å². The van der Waals surface area contributed by atoms with Gasteiger partial charge in [0.2, 0.25) is 0 Å². The lowest BCUT2D eigenvalue weighted by Gasteiger charge is -1.91. The molecular formula is C13H26O. The van der Waals surface area contributed by atoms with E-state index in [1.807, 2.05) is 59.8 Å². The van der Waals surface area contributed by atoms with Crippen molar-refractivity contribution in [2.75, 3.05) is 0 Å². The minimum absolute atomic E-state index is 0.132. The predicted octanol–water partition coefficient (Wildman–Crippen LogP) is 4.54. The molecule has 0 aliphatic heterocycles. The molecule has 0 amide bonds. The first-order valence-corrected chi connectivity index (χ1v) is 5.56. The van der Waals surface area contributed by atoms with Crippen LogP contribution in [0, 0.1) is 0 Å². The lowest BCUT2D eigenvalue weighted by atomic mass is 10.1. The molecule has 0 saturated heterocycles. The average molecular weight is 198 g/mol. The van der Waals surface area contributed by atoms with Crippen molar-refractivity contribution in [1.29, 1.82) is 0 Å². The van der Waals surface area contributed by atoms with Crippen LogP contribution in [0.2, 0.25) is 0 Å². The minimum atomic E-state index is 0.132. The molecule has 1 nitrogen and oxygen atoms in total. The third-order valence-corrected chi connectivity index (χ3v) is 1.25. The zero-order valence-corrected chi connectivity index (χ0v) is 10.8. The maximum absolute atomic E-state index is 10.8. The Labute approximate surface area is 89.9 Å². The highest BCUT2D eigenvalue weighted by Crippen LogP contribution is 1.98. The Bertz CT molecular complexity index is 164. The number of carbonyl (C=O) groups is 1. The number of allylic oxidation sites excluding steroid dienone is 4. The van der Waals surface area contributed by atoms with Gasteiger partial charge in [0.05, 0.1) is 0 Å². The lowest BCUT2D eigenvalue weighted by Crippen LogP contribution is -1.91. The number of hydrogen-bond donors (Lipinski definition) is 0. The normalized spacial score (nSPS) is 9.79. The molecule has 0 radical (unpaired) electrons. The van der Waals surface area contributed by atoms with E-state index in [0.29, 0.717) is 0 Å². The third-order valence-electron chi connectivity index (χ3n) is 1.25. The molecule has 0 aliphatic carbocycles. The molecule has 0 spiro atoms. The summed E-state index contributed by atoms with van der Waals surface area (Å²) < 4.78 is 0. The largest absolute Gasteiger partial charge is 0.295 e. The second-order valence-corrected chi connectivity index (χ2v) is 2.11. The summed E-state index contributed by atoms with van der Waals surface area (Å²) in [6.45, 7) is 13.5. The van der Waals surface area contributed by atoms with Crippen molar-refractivity contribution in [2.45, 2.75) is 54.9 Å². The maximum atomic E-state index is 10.8. The van der Waals surface area contributed by atoms with Crippen LogP contribution in [-0.2, 0) is 4.79 Å². The summed E-state index contributed by atoms with van der Waals surface area (Å²) in [7, 11) is 0. The highest BCUT2D eigenvalue weighted by molar-refractivity contribution is 5.95. The molecule has 1 heteroatoms. The number of hydrogen-bond acceptors (Lipinski definition) is 1. The van der Waals surface area contributed by atoms with Crippen molar-refractivity contribution >= 4 is 5.78 Å². The van der Waals surface area contributed by atoms with Gasteiger partial charge >= 0.3 is 0 Å². The average Bonchev–Trinajstić information content (AvgIpc) is 2.24.